The minimum atomic E-state index is 0.905. The standard InChI is InChI=1S/C52H33NO/c1-2-16-37(17-3-1)53(39-30-32-44-43-20-8-9-21-46(43)52-51(48(44)33-39)47-22-10-11-24-49(47)54-52)38-28-25-36(26-29-38)50-41-19-7-5-14-35(41)27-31-45(50)42-23-12-15-34-13-4-6-18-40(34)42/h1-33H. The van der Waals surface area contributed by atoms with Gasteiger partial charge in [0.05, 0.1) is 0 Å². The summed E-state index contributed by atoms with van der Waals surface area (Å²) in [6, 6.07) is 72.2. The smallest absolute Gasteiger partial charge is 0.143 e. The Kier molecular flexibility index (Phi) is 6.90. The van der Waals surface area contributed by atoms with Gasteiger partial charge in [0.15, 0.2) is 0 Å². The minimum absolute atomic E-state index is 0.905. The third kappa shape index (κ3) is 4.74. The molecule has 0 atom stereocenters. The summed E-state index contributed by atoms with van der Waals surface area (Å²) in [6.45, 7) is 0. The molecule has 11 aromatic rings. The highest BCUT2D eigenvalue weighted by Gasteiger charge is 2.20. The van der Waals surface area contributed by atoms with E-state index in [0.29, 0.717) is 0 Å². The summed E-state index contributed by atoms with van der Waals surface area (Å²) in [4.78, 5) is 2.36. The van der Waals surface area contributed by atoms with Gasteiger partial charge in [0.1, 0.15) is 11.2 Å². The number of anilines is 3. The van der Waals surface area contributed by atoms with E-state index in [1.165, 1.54) is 60.0 Å². The van der Waals surface area contributed by atoms with Crippen LogP contribution in [0.15, 0.2) is 205 Å². The Hall–Kier alpha value is -7.16. The van der Waals surface area contributed by atoms with E-state index in [0.717, 1.165) is 44.4 Å². The van der Waals surface area contributed by atoms with Crippen LogP contribution in [0.25, 0.3) is 87.3 Å². The van der Waals surface area contributed by atoms with Crippen molar-refractivity contribution in [1.82, 2.24) is 0 Å². The second kappa shape index (κ2) is 12.2. The lowest BCUT2D eigenvalue weighted by molar-refractivity contribution is 0.673. The first-order valence-corrected chi connectivity index (χ1v) is 18.5. The van der Waals surface area contributed by atoms with Crippen molar-refractivity contribution >= 4 is 82.1 Å². The van der Waals surface area contributed by atoms with Crippen molar-refractivity contribution in [2.75, 3.05) is 4.90 Å². The molecule has 54 heavy (non-hydrogen) atoms. The highest BCUT2D eigenvalue weighted by Crippen LogP contribution is 2.45. The van der Waals surface area contributed by atoms with E-state index < -0.39 is 0 Å². The maximum atomic E-state index is 6.58. The Morgan fingerprint density at radius 1 is 0.333 bits per heavy atom. The van der Waals surface area contributed by atoms with Gasteiger partial charge in [-0.3, -0.25) is 0 Å². The van der Waals surface area contributed by atoms with E-state index in [2.05, 4.69) is 199 Å². The van der Waals surface area contributed by atoms with Gasteiger partial charge in [0, 0.05) is 33.2 Å². The molecule has 0 radical (unpaired) electrons. The Balaban J connectivity index is 1.12. The molecule has 0 unspecified atom stereocenters. The predicted molar refractivity (Wildman–Crippen MR) is 229 cm³/mol. The predicted octanol–water partition coefficient (Wildman–Crippen LogP) is 15.0. The number of para-hydroxylation sites is 2. The van der Waals surface area contributed by atoms with E-state index in [1.807, 2.05) is 6.07 Å². The molecule has 0 aliphatic heterocycles. The number of fused-ring (bicyclic) bond motifs is 10. The van der Waals surface area contributed by atoms with Crippen LogP contribution in [-0.2, 0) is 0 Å². The number of hydrogen-bond donors (Lipinski definition) is 0. The summed E-state index contributed by atoms with van der Waals surface area (Å²) in [5.74, 6) is 0. The van der Waals surface area contributed by atoms with Gasteiger partial charge in [0.25, 0.3) is 0 Å². The SMILES string of the molecule is c1ccc(N(c2ccc(-c3c(-c4cccc5ccccc45)ccc4ccccc34)cc2)c2ccc3c4ccccc4c4oc5ccccc5c4c3c2)cc1. The van der Waals surface area contributed by atoms with Crippen molar-refractivity contribution in [2.45, 2.75) is 0 Å². The van der Waals surface area contributed by atoms with Crippen molar-refractivity contribution in [3.63, 3.8) is 0 Å². The second-order valence-electron chi connectivity index (χ2n) is 14.0. The molecule has 0 saturated heterocycles. The largest absolute Gasteiger partial charge is 0.455 e. The number of hydrogen-bond acceptors (Lipinski definition) is 2. The van der Waals surface area contributed by atoms with Gasteiger partial charge in [0.2, 0.25) is 0 Å². The number of benzene rings is 10. The van der Waals surface area contributed by atoms with Gasteiger partial charge in [-0.15, -0.1) is 0 Å². The Morgan fingerprint density at radius 2 is 0.926 bits per heavy atom. The molecule has 1 heterocycles. The molecule has 0 fully saturated rings. The van der Waals surface area contributed by atoms with E-state index in [1.54, 1.807) is 0 Å². The molecule has 0 spiro atoms. The zero-order valence-electron chi connectivity index (χ0n) is 29.4. The third-order valence-electron chi connectivity index (χ3n) is 11.0. The number of nitrogens with zero attached hydrogens (tertiary/aromatic N) is 1. The molecular weight excluding hydrogens is 655 g/mol. The fraction of sp³-hybridized carbons (Fsp3) is 0. The van der Waals surface area contributed by atoms with Gasteiger partial charge in [-0.25, -0.2) is 0 Å². The van der Waals surface area contributed by atoms with Crippen LogP contribution in [0.5, 0.6) is 0 Å². The van der Waals surface area contributed by atoms with Crippen LogP contribution in [-0.4, -0.2) is 0 Å². The van der Waals surface area contributed by atoms with Crippen molar-refractivity contribution in [3.05, 3.63) is 200 Å². The van der Waals surface area contributed by atoms with Gasteiger partial charge in [-0.05, 0) is 102 Å². The molecule has 10 aromatic carbocycles. The molecular formula is C52H33NO. The number of rotatable bonds is 5. The van der Waals surface area contributed by atoms with Crippen LogP contribution in [0.2, 0.25) is 0 Å². The van der Waals surface area contributed by atoms with Crippen molar-refractivity contribution in [1.29, 1.82) is 0 Å². The normalized spacial score (nSPS) is 11.7. The Labute approximate surface area is 312 Å². The quantitative estimate of drug-likeness (QED) is 0.168. The van der Waals surface area contributed by atoms with Gasteiger partial charge in [-0.2, -0.15) is 0 Å². The first kappa shape index (κ1) is 30.5. The van der Waals surface area contributed by atoms with Gasteiger partial charge >= 0.3 is 0 Å². The molecule has 252 valence electrons. The van der Waals surface area contributed by atoms with Crippen LogP contribution in [0.1, 0.15) is 0 Å². The Morgan fingerprint density at radius 3 is 1.74 bits per heavy atom. The summed E-state index contributed by atoms with van der Waals surface area (Å²) in [7, 11) is 0. The molecule has 0 aliphatic rings. The summed E-state index contributed by atoms with van der Waals surface area (Å²) >= 11 is 0. The fourth-order valence-corrected chi connectivity index (χ4v) is 8.60. The van der Waals surface area contributed by atoms with E-state index >= 15 is 0 Å². The lowest BCUT2D eigenvalue weighted by Gasteiger charge is -2.26. The number of furan rings is 1. The molecule has 0 aliphatic carbocycles. The van der Waals surface area contributed by atoms with Gasteiger partial charge in [-0.1, -0.05) is 158 Å². The zero-order valence-corrected chi connectivity index (χ0v) is 29.4. The maximum Gasteiger partial charge on any atom is 0.143 e. The second-order valence-corrected chi connectivity index (χ2v) is 14.0. The minimum Gasteiger partial charge on any atom is -0.455 e. The van der Waals surface area contributed by atoms with Crippen molar-refractivity contribution in [3.8, 4) is 22.3 Å². The summed E-state index contributed by atoms with van der Waals surface area (Å²) in [5.41, 5.74) is 10.0. The molecule has 2 nitrogen and oxygen atoms in total. The maximum absolute atomic E-state index is 6.58. The molecule has 0 bridgehead atoms. The summed E-state index contributed by atoms with van der Waals surface area (Å²) in [5, 5.41) is 12.0. The van der Waals surface area contributed by atoms with E-state index in [4.69, 9.17) is 4.42 Å². The van der Waals surface area contributed by atoms with Crippen molar-refractivity contribution < 1.29 is 4.42 Å². The van der Waals surface area contributed by atoms with Crippen LogP contribution in [0.3, 0.4) is 0 Å². The lowest BCUT2D eigenvalue weighted by Crippen LogP contribution is -2.09. The van der Waals surface area contributed by atoms with Crippen LogP contribution < -0.4 is 4.90 Å². The zero-order chi connectivity index (χ0) is 35.6. The first-order chi connectivity index (χ1) is 26.8. The molecule has 11 rings (SSSR count). The van der Waals surface area contributed by atoms with Crippen LogP contribution in [0, 0.1) is 0 Å². The first-order valence-electron chi connectivity index (χ1n) is 18.5. The molecule has 1 aromatic heterocycles. The highest BCUT2D eigenvalue weighted by molar-refractivity contribution is 6.30. The van der Waals surface area contributed by atoms with Crippen LogP contribution in [0.4, 0.5) is 17.1 Å². The summed E-state index contributed by atoms with van der Waals surface area (Å²) < 4.78 is 6.58. The average molecular weight is 688 g/mol. The van der Waals surface area contributed by atoms with Crippen LogP contribution >= 0.6 is 0 Å². The monoisotopic (exact) mass is 687 g/mol. The third-order valence-corrected chi connectivity index (χ3v) is 11.0. The molecule has 0 saturated carbocycles. The molecule has 2 heteroatoms. The summed E-state index contributed by atoms with van der Waals surface area (Å²) in [6.07, 6.45) is 0. The van der Waals surface area contributed by atoms with E-state index in [9.17, 15) is 0 Å². The van der Waals surface area contributed by atoms with E-state index in [-0.39, 0.29) is 0 Å². The molecule has 0 amide bonds. The highest BCUT2D eigenvalue weighted by atomic mass is 16.3. The topological polar surface area (TPSA) is 16.4 Å². The average Bonchev–Trinajstić information content (AvgIpc) is 3.64. The van der Waals surface area contributed by atoms with Gasteiger partial charge < -0.3 is 9.32 Å². The molecule has 0 N–H and O–H groups in total. The fourth-order valence-electron chi connectivity index (χ4n) is 8.60. The Bertz CT molecular complexity index is 3210. The lowest BCUT2D eigenvalue weighted by atomic mass is 9.88. The van der Waals surface area contributed by atoms with Crippen molar-refractivity contribution in [2.24, 2.45) is 0 Å².